The average molecular weight is 721 g/mol. The molecule has 47 heavy (non-hydrogen) atoms. The Morgan fingerprint density at radius 1 is 0.830 bits per heavy atom. The Morgan fingerprint density at radius 2 is 1.30 bits per heavy atom. The van der Waals surface area contributed by atoms with E-state index in [9.17, 15) is 39.5 Å². The predicted octanol–water partition coefficient (Wildman–Crippen LogP) is 8.70. The Labute approximate surface area is 288 Å². The highest BCUT2D eigenvalue weighted by molar-refractivity contribution is 6.45. The van der Waals surface area contributed by atoms with E-state index in [1.807, 2.05) is 13.8 Å². The SMILES string of the molecule is CC(C)C[C@@H](C(=O)O)N(C(=O)OC(C)(C)C)c1ccc([N+](=O)[O-])cc1.C[C@H](C(=O)O)N(C(=O)OC(C)(C)C)c1cc(Cl)cc(Cl)c1Cl. The molecule has 0 saturated heterocycles. The van der Waals surface area contributed by atoms with Crippen molar-refractivity contribution in [1.29, 1.82) is 0 Å². The topological polar surface area (TPSA) is 177 Å². The Kier molecular flexibility index (Phi) is 14.8. The van der Waals surface area contributed by atoms with E-state index in [1.165, 1.54) is 43.3 Å². The number of ether oxygens (including phenoxy) is 2. The molecule has 2 atom stereocenters. The van der Waals surface area contributed by atoms with Gasteiger partial charge in [-0.1, -0.05) is 48.7 Å². The molecule has 0 spiro atoms. The van der Waals surface area contributed by atoms with Crippen LogP contribution in [0.25, 0.3) is 0 Å². The first-order valence-corrected chi connectivity index (χ1v) is 15.4. The number of anilines is 2. The van der Waals surface area contributed by atoms with Gasteiger partial charge >= 0.3 is 24.1 Å². The number of carbonyl (C=O) groups excluding carboxylic acids is 2. The van der Waals surface area contributed by atoms with Gasteiger partial charge in [-0.3, -0.25) is 19.9 Å². The second kappa shape index (κ2) is 16.8. The molecule has 0 aliphatic rings. The van der Waals surface area contributed by atoms with Gasteiger partial charge in [-0.25, -0.2) is 19.2 Å². The summed E-state index contributed by atoms with van der Waals surface area (Å²) in [6, 6.07) is 5.53. The van der Waals surface area contributed by atoms with Crippen LogP contribution >= 0.6 is 34.8 Å². The van der Waals surface area contributed by atoms with E-state index in [0.29, 0.717) is 0 Å². The standard InChI is InChI=1S/C17H24N2O6.C14H16Cl3NO4/c1-11(2)10-14(15(20)21)18(16(22)25-17(3,4)5)12-6-8-13(9-7-12)19(23)24;1-7(12(19)20)18(13(21)22-14(2,3)4)10-6-8(15)5-9(16)11(10)17/h6-9,11,14H,10H2,1-5H3,(H,20,21);5-7H,1-4H3,(H,19,20)/t14-;7-/m01/s1. The Bertz CT molecular complexity index is 1450. The first-order valence-electron chi connectivity index (χ1n) is 14.2. The van der Waals surface area contributed by atoms with E-state index in [0.717, 1.165) is 9.80 Å². The smallest absolute Gasteiger partial charge is 0.415 e. The lowest BCUT2D eigenvalue weighted by atomic mass is 10.0. The maximum absolute atomic E-state index is 12.6. The number of rotatable bonds is 9. The van der Waals surface area contributed by atoms with Gasteiger partial charge in [0.15, 0.2) is 0 Å². The van der Waals surface area contributed by atoms with E-state index in [1.54, 1.807) is 41.5 Å². The lowest BCUT2D eigenvalue weighted by Gasteiger charge is -2.32. The second-order valence-corrected chi connectivity index (χ2v) is 13.9. The van der Waals surface area contributed by atoms with Crippen LogP contribution in [0.3, 0.4) is 0 Å². The predicted molar refractivity (Wildman–Crippen MR) is 180 cm³/mol. The minimum absolute atomic E-state index is 0.0177. The number of carboxylic acid groups (broad SMARTS) is 2. The molecule has 2 aromatic rings. The van der Waals surface area contributed by atoms with Gasteiger partial charge in [0.05, 0.1) is 20.7 Å². The molecule has 0 aliphatic carbocycles. The number of benzene rings is 2. The van der Waals surface area contributed by atoms with Gasteiger partial charge in [-0.05, 0) is 85.1 Å². The highest BCUT2D eigenvalue weighted by atomic mass is 35.5. The van der Waals surface area contributed by atoms with E-state index >= 15 is 0 Å². The molecule has 0 bridgehead atoms. The summed E-state index contributed by atoms with van der Waals surface area (Å²) in [4.78, 5) is 60.2. The zero-order valence-corrected chi connectivity index (χ0v) is 29.8. The van der Waals surface area contributed by atoms with Crippen LogP contribution in [-0.4, -0.2) is 62.5 Å². The van der Waals surface area contributed by atoms with Crippen molar-refractivity contribution in [1.82, 2.24) is 0 Å². The van der Waals surface area contributed by atoms with Crippen molar-refractivity contribution < 1.29 is 43.8 Å². The number of nitro benzene ring substituents is 1. The molecule has 2 rings (SSSR count). The Balaban J connectivity index is 0.000000474. The van der Waals surface area contributed by atoms with Gasteiger partial charge in [0.1, 0.15) is 23.3 Å². The van der Waals surface area contributed by atoms with Crippen LogP contribution in [0, 0.1) is 16.0 Å². The average Bonchev–Trinajstić information content (AvgIpc) is 2.89. The third-order valence-electron chi connectivity index (χ3n) is 5.79. The number of carboxylic acids is 2. The largest absolute Gasteiger partial charge is 0.480 e. The molecule has 0 radical (unpaired) electrons. The molecule has 0 saturated carbocycles. The summed E-state index contributed by atoms with van der Waals surface area (Å²) >= 11 is 18.0. The summed E-state index contributed by atoms with van der Waals surface area (Å²) in [5.74, 6) is -2.37. The normalized spacial score (nSPS) is 12.6. The van der Waals surface area contributed by atoms with Gasteiger partial charge < -0.3 is 19.7 Å². The summed E-state index contributed by atoms with van der Waals surface area (Å²) in [5.41, 5.74) is -1.46. The van der Waals surface area contributed by atoms with Gasteiger partial charge in [0, 0.05) is 22.8 Å². The molecule has 260 valence electrons. The summed E-state index contributed by atoms with van der Waals surface area (Å²) in [5, 5.41) is 30.0. The minimum atomic E-state index is -1.22. The van der Waals surface area contributed by atoms with Crippen LogP contribution in [-0.2, 0) is 19.1 Å². The second-order valence-electron chi connectivity index (χ2n) is 12.7. The van der Waals surface area contributed by atoms with Gasteiger partial charge in [-0.2, -0.15) is 0 Å². The number of carbonyl (C=O) groups is 4. The van der Waals surface area contributed by atoms with Crippen molar-refractivity contribution in [2.45, 2.75) is 92.0 Å². The van der Waals surface area contributed by atoms with Crippen LogP contribution in [0.1, 0.15) is 68.7 Å². The molecule has 0 aliphatic heterocycles. The molecule has 13 nitrogen and oxygen atoms in total. The number of amides is 2. The zero-order valence-electron chi connectivity index (χ0n) is 27.5. The number of nitrogens with zero attached hydrogens (tertiary/aromatic N) is 3. The molecule has 2 N–H and O–H groups in total. The number of aliphatic carboxylic acids is 2. The fourth-order valence-corrected chi connectivity index (χ4v) is 4.51. The minimum Gasteiger partial charge on any atom is -0.480 e. The zero-order chi connectivity index (χ0) is 36.6. The van der Waals surface area contributed by atoms with Crippen LogP contribution in [0.2, 0.25) is 15.1 Å². The molecule has 2 amide bonds. The number of halogens is 3. The number of hydrogen-bond donors (Lipinski definition) is 2. The summed E-state index contributed by atoms with van der Waals surface area (Å²) in [7, 11) is 0. The molecular weight excluding hydrogens is 681 g/mol. The van der Waals surface area contributed by atoms with Crippen LogP contribution in [0.4, 0.5) is 26.7 Å². The van der Waals surface area contributed by atoms with Gasteiger partial charge in [-0.15, -0.1) is 0 Å². The van der Waals surface area contributed by atoms with Crippen LogP contribution in [0.15, 0.2) is 36.4 Å². The van der Waals surface area contributed by atoms with Crippen molar-refractivity contribution in [2.24, 2.45) is 5.92 Å². The first kappa shape index (κ1) is 41.2. The van der Waals surface area contributed by atoms with E-state index in [-0.39, 0.29) is 44.5 Å². The Morgan fingerprint density at radius 3 is 1.68 bits per heavy atom. The van der Waals surface area contributed by atoms with E-state index < -0.39 is 52.3 Å². The summed E-state index contributed by atoms with van der Waals surface area (Å²) < 4.78 is 10.6. The van der Waals surface area contributed by atoms with Crippen molar-refractivity contribution >= 4 is 76.0 Å². The number of non-ortho nitro benzene ring substituents is 1. The fourth-order valence-electron chi connectivity index (χ4n) is 3.83. The van der Waals surface area contributed by atoms with E-state index in [4.69, 9.17) is 44.3 Å². The monoisotopic (exact) mass is 719 g/mol. The molecule has 16 heteroatoms. The lowest BCUT2D eigenvalue weighted by molar-refractivity contribution is -0.384. The van der Waals surface area contributed by atoms with Gasteiger partial charge in [0.25, 0.3) is 5.69 Å². The number of nitro groups is 1. The maximum Gasteiger partial charge on any atom is 0.415 e. The molecule has 0 aromatic heterocycles. The molecule has 0 unspecified atom stereocenters. The molecule has 2 aromatic carbocycles. The van der Waals surface area contributed by atoms with E-state index in [2.05, 4.69) is 0 Å². The Hall–Kier alpha value is -3.81. The van der Waals surface area contributed by atoms with Gasteiger partial charge in [0.2, 0.25) is 0 Å². The molecule has 0 fully saturated rings. The highest BCUT2D eigenvalue weighted by Gasteiger charge is 2.35. The van der Waals surface area contributed by atoms with Crippen LogP contribution < -0.4 is 9.80 Å². The van der Waals surface area contributed by atoms with Crippen molar-refractivity contribution in [3.8, 4) is 0 Å². The summed E-state index contributed by atoms with van der Waals surface area (Å²) in [6.07, 6.45) is -1.46. The fraction of sp³-hybridized carbons (Fsp3) is 0.484. The van der Waals surface area contributed by atoms with Crippen molar-refractivity contribution in [3.05, 3.63) is 61.6 Å². The highest BCUT2D eigenvalue weighted by Crippen LogP contribution is 2.37. The van der Waals surface area contributed by atoms with Crippen LogP contribution in [0.5, 0.6) is 0 Å². The quantitative estimate of drug-likeness (QED) is 0.145. The maximum atomic E-state index is 12.6. The third kappa shape index (κ3) is 13.1. The van der Waals surface area contributed by atoms with Crippen molar-refractivity contribution in [2.75, 3.05) is 9.80 Å². The number of hydrogen-bond acceptors (Lipinski definition) is 8. The first-order chi connectivity index (χ1) is 21.4. The molecular formula is C31H40Cl3N3O10. The van der Waals surface area contributed by atoms with Crippen molar-refractivity contribution in [3.63, 3.8) is 0 Å². The summed E-state index contributed by atoms with van der Waals surface area (Å²) in [6.45, 7) is 15.1. The molecule has 0 heterocycles. The lowest BCUT2D eigenvalue weighted by Crippen LogP contribution is -2.48. The third-order valence-corrected chi connectivity index (χ3v) is 6.80.